The molecule has 134 valence electrons. The van der Waals surface area contributed by atoms with Crippen molar-refractivity contribution in [3.05, 3.63) is 12.2 Å². The Morgan fingerprint density at radius 2 is 1.92 bits per heavy atom. The molecule has 0 aliphatic heterocycles. The number of hydrogen-bond acceptors (Lipinski definition) is 3. The molecule has 0 radical (unpaired) electrons. The van der Waals surface area contributed by atoms with Gasteiger partial charge in [-0.15, -0.1) is 0 Å². The Hall–Kier alpha value is -0.830. The molecule has 4 rings (SSSR count). The van der Waals surface area contributed by atoms with Crippen molar-refractivity contribution >= 4 is 5.97 Å². The fraction of sp³-hybridized carbons (Fsp3) is 0.857. The Bertz CT molecular complexity index is 555. The molecule has 3 saturated carbocycles. The maximum absolute atomic E-state index is 11.5. The number of ether oxygens (including phenoxy) is 1. The first-order valence-corrected chi connectivity index (χ1v) is 9.89. The molecule has 0 spiro atoms. The Morgan fingerprint density at radius 3 is 2.67 bits per heavy atom. The van der Waals surface area contributed by atoms with E-state index in [1.165, 1.54) is 32.1 Å². The van der Waals surface area contributed by atoms with Crippen molar-refractivity contribution in [3.63, 3.8) is 0 Å². The van der Waals surface area contributed by atoms with Gasteiger partial charge in [0.15, 0.2) is 0 Å². The molecule has 3 nitrogen and oxygen atoms in total. The first-order chi connectivity index (χ1) is 11.3. The van der Waals surface area contributed by atoms with Gasteiger partial charge in [0, 0.05) is 12.3 Å². The fourth-order valence-corrected chi connectivity index (χ4v) is 7.14. The Morgan fingerprint density at radius 1 is 1.12 bits per heavy atom. The molecular weight excluding hydrogens is 300 g/mol. The summed E-state index contributed by atoms with van der Waals surface area (Å²) in [6.45, 7) is 6.37. The van der Waals surface area contributed by atoms with E-state index >= 15 is 0 Å². The zero-order valence-electron chi connectivity index (χ0n) is 15.3. The number of fused-ring (bicyclic) bond motifs is 5. The van der Waals surface area contributed by atoms with Crippen LogP contribution < -0.4 is 0 Å². The minimum atomic E-state index is -0.242. The number of rotatable bonds is 1. The lowest BCUT2D eigenvalue weighted by Gasteiger charge is -2.59. The lowest BCUT2D eigenvalue weighted by molar-refractivity contribution is -0.158. The molecule has 24 heavy (non-hydrogen) atoms. The van der Waals surface area contributed by atoms with Crippen LogP contribution >= 0.6 is 0 Å². The maximum Gasteiger partial charge on any atom is 0.302 e. The predicted octanol–water partition coefficient (Wildman–Crippen LogP) is 4.10. The van der Waals surface area contributed by atoms with E-state index in [9.17, 15) is 9.90 Å². The molecule has 0 saturated heterocycles. The van der Waals surface area contributed by atoms with Gasteiger partial charge in [-0.3, -0.25) is 4.79 Å². The van der Waals surface area contributed by atoms with Crippen LogP contribution in [0.4, 0.5) is 0 Å². The van der Waals surface area contributed by atoms with Crippen molar-refractivity contribution < 1.29 is 14.6 Å². The van der Waals surface area contributed by atoms with Crippen LogP contribution in [0.2, 0.25) is 0 Å². The number of aliphatic hydroxyl groups excluding tert-OH is 1. The Labute approximate surface area is 145 Å². The largest absolute Gasteiger partial charge is 0.462 e. The van der Waals surface area contributed by atoms with E-state index in [1.807, 2.05) is 6.08 Å². The zero-order chi connectivity index (χ0) is 17.1. The van der Waals surface area contributed by atoms with E-state index in [0.29, 0.717) is 11.8 Å². The highest BCUT2D eigenvalue weighted by Crippen LogP contribution is 2.65. The summed E-state index contributed by atoms with van der Waals surface area (Å²) >= 11 is 0. The monoisotopic (exact) mass is 332 g/mol. The Kier molecular flexibility index (Phi) is 3.87. The van der Waals surface area contributed by atoms with Gasteiger partial charge in [-0.25, -0.2) is 0 Å². The van der Waals surface area contributed by atoms with Gasteiger partial charge in [0.05, 0.1) is 6.10 Å². The molecule has 0 amide bonds. The van der Waals surface area contributed by atoms with Gasteiger partial charge in [0.25, 0.3) is 0 Å². The first-order valence-electron chi connectivity index (χ1n) is 9.89. The topological polar surface area (TPSA) is 46.5 Å². The van der Waals surface area contributed by atoms with Crippen LogP contribution in [0.15, 0.2) is 12.2 Å². The average molecular weight is 332 g/mol. The van der Waals surface area contributed by atoms with E-state index in [4.69, 9.17) is 4.74 Å². The number of allylic oxidation sites excluding steroid dienone is 1. The van der Waals surface area contributed by atoms with Gasteiger partial charge in [0.2, 0.25) is 0 Å². The normalized spacial score (nSPS) is 53.0. The highest BCUT2D eigenvalue weighted by molar-refractivity contribution is 5.66. The zero-order valence-corrected chi connectivity index (χ0v) is 15.3. The van der Waals surface area contributed by atoms with Crippen molar-refractivity contribution in [1.29, 1.82) is 0 Å². The molecule has 3 heteroatoms. The third-order valence-corrected chi connectivity index (χ3v) is 8.39. The van der Waals surface area contributed by atoms with Gasteiger partial charge >= 0.3 is 5.97 Å². The van der Waals surface area contributed by atoms with E-state index in [2.05, 4.69) is 19.9 Å². The lowest BCUT2D eigenvalue weighted by atomic mass is 9.46. The van der Waals surface area contributed by atoms with E-state index in [0.717, 1.165) is 24.7 Å². The third-order valence-electron chi connectivity index (χ3n) is 8.39. The quantitative estimate of drug-likeness (QED) is 0.581. The molecule has 3 fully saturated rings. The second-order valence-corrected chi connectivity index (χ2v) is 9.40. The molecule has 4 aliphatic rings. The van der Waals surface area contributed by atoms with Crippen LogP contribution in [0.5, 0.6) is 0 Å². The highest BCUT2D eigenvalue weighted by atomic mass is 16.5. The van der Waals surface area contributed by atoms with Crippen LogP contribution in [0.1, 0.15) is 65.7 Å². The van der Waals surface area contributed by atoms with Gasteiger partial charge in [-0.05, 0) is 74.0 Å². The molecule has 0 aromatic carbocycles. The number of hydrogen-bond donors (Lipinski definition) is 1. The van der Waals surface area contributed by atoms with Crippen LogP contribution in [-0.2, 0) is 9.53 Å². The second kappa shape index (κ2) is 5.59. The maximum atomic E-state index is 11.5. The van der Waals surface area contributed by atoms with Crippen molar-refractivity contribution in [2.75, 3.05) is 0 Å². The summed E-state index contributed by atoms with van der Waals surface area (Å²) in [5.41, 5.74) is 0.428. The van der Waals surface area contributed by atoms with Crippen molar-refractivity contribution in [2.45, 2.75) is 77.9 Å². The van der Waals surface area contributed by atoms with Gasteiger partial charge in [-0.1, -0.05) is 26.0 Å². The molecule has 0 aromatic rings. The number of esters is 1. The third kappa shape index (κ3) is 2.30. The molecule has 8 atom stereocenters. The number of carbonyl (C=O) groups excluding carboxylic acids is 1. The van der Waals surface area contributed by atoms with Crippen LogP contribution in [0, 0.1) is 34.5 Å². The highest BCUT2D eigenvalue weighted by Gasteiger charge is 2.60. The van der Waals surface area contributed by atoms with Crippen LogP contribution in [0.25, 0.3) is 0 Å². The summed E-state index contributed by atoms with van der Waals surface area (Å²) in [5.74, 6) is 2.69. The van der Waals surface area contributed by atoms with E-state index in [-0.39, 0.29) is 29.0 Å². The van der Waals surface area contributed by atoms with Crippen LogP contribution in [0.3, 0.4) is 0 Å². The molecule has 0 aromatic heterocycles. The van der Waals surface area contributed by atoms with E-state index < -0.39 is 0 Å². The predicted molar refractivity (Wildman–Crippen MR) is 93.2 cm³/mol. The Balaban J connectivity index is 1.61. The summed E-state index contributed by atoms with van der Waals surface area (Å²) in [4.78, 5) is 11.5. The molecule has 1 N–H and O–H groups in total. The minimum Gasteiger partial charge on any atom is -0.462 e. The van der Waals surface area contributed by atoms with E-state index in [1.54, 1.807) is 6.92 Å². The minimum absolute atomic E-state index is 0.121. The smallest absolute Gasteiger partial charge is 0.302 e. The average Bonchev–Trinajstić information content (AvgIpc) is 2.84. The van der Waals surface area contributed by atoms with Gasteiger partial charge in [-0.2, -0.15) is 0 Å². The van der Waals surface area contributed by atoms with Crippen molar-refractivity contribution in [1.82, 2.24) is 0 Å². The molecule has 0 bridgehead atoms. The summed E-state index contributed by atoms with van der Waals surface area (Å²) in [5, 5.41) is 10.0. The van der Waals surface area contributed by atoms with Gasteiger partial charge in [0.1, 0.15) is 6.10 Å². The van der Waals surface area contributed by atoms with Crippen LogP contribution in [-0.4, -0.2) is 23.3 Å². The standard InChI is InChI=1S/C21H32O3/c1-13(22)24-19-7-6-17-16-5-4-14-12-15(23)8-10-20(14,2)18(16)9-11-21(17,19)3/h8,10,14-19,23H,4-7,9,11-12H2,1-3H3/t14?,15?,16-,17-,18-,19?,20-,21-/m0/s1. The molecular formula is C21H32O3. The molecule has 4 aliphatic carbocycles. The number of aliphatic hydroxyl groups is 1. The second-order valence-electron chi connectivity index (χ2n) is 9.40. The summed E-state index contributed by atoms with van der Waals surface area (Å²) in [6, 6.07) is 0. The summed E-state index contributed by atoms with van der Waals surface area (Å²) < 4.78 is 5.72. The van der Waals surface area contributed by atoms with Crippen molar-refractivity contribution in [2.24, 2.45) is 34.5 Å². The fourth-order valence-electron chi connectivity index (χ4n) is 7.14. The van der Waals surface area contributed by atoms with Gasteiger partial charge < -0.3 is 9.84 Å². The molecule has 0 heterocycles. The first kappa shape index (κ1) is 16.6. The molecule has 3 unspecified atom stereocenters. The SMILES string of the molecule is CC(=O)OC1CC[C@H]2[C@@H]3CCC4CC(O)C=C[C@]4(C)[C@H]3CC[C@]12C. The summed E-state index contributed by atoms with van der Waals surface area (Å²) in [6.07, 6.45) is 12.4. The van der Waals surface area contributed by atoms with Crippen molar-refractivity contribution in [3.8, 4) is 0 Å². The summed E-state index contributed by atoms with van der Waals surface area (Å²) in [7, 11) is 0. The number of carbonyl (C=O) groups is 1. The lowest BCUT2D eigenvalue weighted by Crippen LogP contribution is -2.53.